The van der Waals surface area contributed by atoms with Crippen LogP contribution in [0.25, 0.3) is 0 Å². The first-order valence-corrected chi connectivity index (χ1v) is 10.1. The van der Waals surface area contributed by atoms with E-state index in [4.69, 9.17) is 4.99 Å². The summed E-state index contributed by atoms with van der Waals surface area (Å²) in [5.74, 6) is 1.89. The summed E-state index contributed by atoms with van der Waals surface area (Å²) in [5.41, 5.74) is 1.58. The van der Waals surface area contributed by atoms with Crippen LogP contribution in [0.5, 0.6) is 0 Å². The van der Waals surface area contributed by atoms with Crippen LogP contribution in [-0.2, 0) is 18.4 Å². The molecule has 148 valence electrons. The maximum Gasteiger partial charge on any atom is 0.191 e. The molecule has 6 nitrogen and oxygen atoms in total. The molecule has 0 bridgehead atoms. The lowest BCUT2D eigenvalue weighted by Gasteiger charge is -2.16. The number of benzene rings is 1. The molecular weight excluding hydrogens is 519 g/mol. The summed E-state index contributed by atoms with van der Waals surface area (Å²) < 4.78 is 3.22. The highest BCUT2D eigenvalue weighted by atomic mass is 127. The van der Waals surface area contributed by atoms with Gasteiger partial charge in [0.05, 0.1) is 6.54 Å². The summed E-state index contributed by atoms with van der Waals surface area (Å²) in [4.78, 5) is 4.85. The zero-order valence-corrected chi connectivity index (χ0v) is 19.8. The molecule has 0 atom stereocenters. The van der Waals surface area contributed by atoms with E-state index in [9.17, 15) is 0 Å². The van der Waals surface area contributed by atoms with E-state index in [1.165, 1.54) is 18.4 Å². The first-order valence-electron chi connectivity index (χ1n) is 9.32. The number of guanidine groups is 1. The first kappa shape index (κ1) is 22.1. The Balaban J connectivity index is 0.00000261. The lowest BCUT2D eigenvalue weighted by Crippen LogP contribution is -2.39. The van der Waals surface area contributed by atoms with E-state index >= 15 is 0 Å². The zero-order chi connectivity index (χ0) is 18.4. The summed E-state index contributed by atoms with van der Waals surface area (Å²) in [6.45, 7) is 7.47. The number of aryl methyl sites for hydroxylation is 1. The second-order valence-electron chi connectivity index (χ2n) is 6.71. The number of aliphatic imine (C=N–C) groups is 1. The van der Waals surface area contributed by atoms with Crippen LogP contribution >= 0.6 is 39.9 Å². The van der Waals surface area contributed by atoms with Crippen molar-refractivity contribution < 1.29 is 0 Å². The van der Waals surface area contributed by atoms with Crippen LogP contribution in [0, 0.1) is 0 Å². The molecular formula is C19H28BrIN6. The van der Waals surface area contributed by atoms with Gasteiger partial charge >= 0.3 is 0 Å². The molecule has 27 heavy (non-hydrogen) atoms. The fraction of sp³-hybridized carbons (Fsp3) is 0.526. The Morgan fingerprint density at radius 3 is 2.78 bits per heavy atom. The maximum absolute atomic E-state index is 4.85. The standard InChI is InChI=1S/C19H27BrN6.HI/c1-3-17-25-24-14-26(17)11-10-22-18(21-4-2)23-13-19(8-9-19)15-6-5-7-16(20)12-15;/h5-7,12,14H,3-4,8-11,13H2,1-2H3,(H2,21,22,23);1H. The molecule has 1 saturated carbocycles. The summed E-state index contributed by atoms with van der Waals surface area (Å²) in [5, 5.41) is 14.9. The normalized spacial score (nSPS) is 15.1. The van der Waals surface area contributed by atoms with E-state index < -0.39 is 0 Å². The van der Waals surface area contributed by atoms with Crippen LogP contribution in [0.15, 0.2) is 40.1 Å². The Labute approximate surface area is 186 Å². The highest BCUT2D eigenvalue weighted by Crippen LogP contribution is 2.48. The van der Waals surface area contributed by atoms with Crippen molar-refractivity contribution in [1.82, 2.24) is 25.4 Å². The van der Waals surface area contributed by atoms with Gasteiger partial charge in [0.25, 0.3) is 0 Å². The quantitative estimate of drug-likeness (QED) is 0.302. The van der Waals surface area contributed by atoms with Gasteiger partial charge in [0.2, 0.25) is 0 Å². The predicted octanol–water partition coefficient (Wildman–Crippen LogP) is 3.51. The fourth-order valence-electron chi connectivity index (χ4n) is 3.11. The molecule has 1 aromatic heterocycles. The highest BCUT2D eigenvalue weighted by Gasteiger charge is 2.44. The molecule has 1 heterocycles. The van der Waals surface area contributed by atoms with E-state index in [1.807, 2.05) is 0 Å². The molecule has 0 amide bonds. The van der Waals surface area contributed by atoms with Gasteiger partial charge in [-0.15, -0.1) is 34.2 Å². The van der Waals surface area contributed by atoms with Gasteiger partial charge in [-0.2, -0.15) is 0 Å². The molecule has 8 heteroatoms. The van der Waals surface area contributed by atoms with Crippen LogP contribution in [0.4, 0.5) is 0 Å². The number of hydrogen-bond donors (Lipinski definition) is 2. The summed E-state index contributed by atoms with van der Waals surface area (Å²) in [7, 11) is 0. The minimum absolute atomic E-state index is 0. The summed E-state index contributed by atoms with van der Waals surface area (Å²) >= 11 is 3.58. The van der Waals surface area contributed by atoms with Crippen LogP contribution in [0.2, 0.25) is 0 Å². The second-order valence-corrected chi connectivity index (χ2v) is 7.62. The Morgan fingerprint density at radius 2 is 2.11 bits per heavy atom. The molecule has 0 radical (unpaired) electrons. The van der Waals surface area contributed by atoms with Crippen molar-refractivity contribution in [2.45, 2.75) is 45.1 Å². The van der Waals surface area contributed by atoms with Crippen molar-refractivity contribution in [3.05, 3.63) is 46.5 Å². The minimum atomic E-state index is 0. The number of hydrogen-bond acceptors (Lipinski definition) is 3. The lowest BCUT2D eigenvalue weighted by molar-refractivity contribution is 0.628. The lowest BCUT2D eigenvalue weighted by atomic mass is 9.96. The van der Waals surface area contributed by atoms with Crippen molar-refractivity contribution in [3.8, 4) is 0 Å². The van der Waals surface area contributed by atoms with E-state index in [0.717, 1.165) is 48.9 Å². The molecule has 1 aliphatic rings. The van der Waals surface area contributed by atoms with Crippen molar-refractivity contribution >= 4 is 45.9 Å². The van der Waals surface area contributed by atoms with Gasteiger partial charge in [-0.05, 0) is 37.5 Å². The van der Waals surface area contributed by atoms with E-state index in [-0.39, 0.29) is 29.4 Å². The molecule has 0 saturated heterocycles. The van der Waals surface area contributed by atoms with Crippen molar-refractivity contribution in [1.29, 1.82) is 0 Å². The van der Waals surface area contributed by atoms with Crippen molar-refractivity contribution in [3.63, 3.8) is 0 Å². The van der Waals surface area contributed by atoms with Gasteiger partial charge in [-0.3, -0.25) is 4.99 Å². The largest absolute Gasteiger partial charge is 0.357 e. The highest BCUT2D eigenvalue weighted by molar-refractivity contribution is 14.0. The summed E-state index contributed by atoms with van der Waals surface area (Å²) in [6, 6.07) is 8.62. The second kappa shape index (κ2) is 10.4. The Hall–Kier alpha value is -1.16. The Morgan fingerprint density at radius 1 is 1.30 bits per heavy atom. The molecule has 2 aromatic rings. The van der Waals surface area contributed by atoms with Crippen LogP contribution in [0.1, 0.15) is 38.1 Å². The molecule has 1 aliphatic carbocycles. The molecule has 0 unspecified atom stereocenters. The Kier molecular flexibility index (Phi) is 8.53. The number of nitrogens with zero attached hydrogens (tertiary/aromatic N) is 4. The number of nitrogens with one attached hydrogen (secondary N) is 2. The third-order valence-electron chi connectivity index (χ3n) is 4.83. The van der Waals surface area contributed by atoms with Gasteiger partial charge in [0.15, 0.2) is 5.96 Å². The molecule has 2 N–H and O–H groups in total. The van der Waals surface area contributed by atoms with Crippen LogP contribution in [0.3, 0.4) is 0 Å². The number of rotatable bonds is 8. The smallest absolute Gasteiger partial charge is 0.191 e. The van der Waals surface area contributed by atoms with Gasteiger partial charge < -0.3 is 15.2 Å². The average Bonchev–Trinajstić information content (AvgIpc) is 3.31. The molecule has 0 spiro atoms. The predicted molar refractivity (Wildman–Crippen MR) is 124 cm³/mol. The molecule has 3 rings (SSSR count). The van der Waals surface area contributed by atoms with Crippen molar-refractivity contribution in [2.75, 3.05) is 19.6 Å². The average molecular weight is 547 g/mol. The Bertz CT molecular complexity index is 756. The van der Waals surface area contributed by atoms with Crippen LogP contribution in [-0.4, -0.2) is 40.4 Å². The summed E-state index contributed by atoms with van der Waals surface area (Å²) in [6.07, 6.45) is 5.08. The van der Waals surface area contributed by atoms with Gasteiger partial charge in [-0.25, -0.2) is 0 Å². The fourth-order valence-corrected chi connectivity index (χ4v) is 3.51. The zero-order valence-electron chi connectivity index (χ0n) is 15.9. The monoisotopic (exact) mass is 546 g/mol. The first-order chi connectivity index (χ1) is 12.7. The van der Waals surface area contributed by atoms with Gasteiger partial charge in [0, 0.05) is 35.9 Å². The molecule has 1 aromatic carbocycles. The SMILES string of the molecule is CCNC(=NCC1(c2cccc(Br)c2)CC1)NCCn1cnnc1CC.I. The van der Waals surface area contributed by atoms with Gasteiger partial charge in [-0.1, -0.05) is 35.0 Å². The molecule has 0 aliphatic heterocycles. The number of halogens is 2. The third-order valence-corrected chi connectivity index (χ3v) is 5.32. The topological polar surface area (TPSA) is 67.1 Å². The number of aromatic nitrogens is 3. The van der Waals surface area contributed by atoms with E-state index in [0.29, 0.717) is 0 Å². The van der Waals surface area contributed by atoms with E-state index in [2.05, 4.69) is 79.4 Å². The third kappa shape index (κ3) is 5.91. The van der Waals surface area contributed by atoms with E-state index in [1.54, 1.807) is 6.33 Å². The van der Waals surface area contributed by atoms with Gasteiger partial charge in [0.1, 0.15) is 12.2 Å². The minimum Gasteiger partial charge on any atom is -0.357 e. The van der Waals surface area contributed by atoms with Crippen LogP contribution < -0.4 is 10.6 Å². The van der Waals surface area contributed by atoms with Crippen molar-refractivity contribution in [2.24, 2.45) is 4.99 Å². The maximum atomic E-state index is 4.85. The molecule has 1 fully saturated rings.